The van der Waals surface area contributed by atoms with Gasteiger partial charge in [-0.15, -0.1) is 0 Å². The lowest BCUT2D eigenvalue weighted by molar-refractivity contribution is -0.115. The number of carbonyl (C=O) groups excluding carboxylic acids is 1. The molecule has 0 radical (unpaired) electrons. The minimum absolute atomic E-state index is 0.135. The molecular formula is C12H12N2O3. The van der Waals surface area contributed by atoms with Crippen LogP contribution < -0.4 is 10.1 Å². The van der Waals surface area contributed by atoms with Gasteiger partial charge in [0.15, 0.2) is 0 Å². The topological polar surface area (TPSA) is 64.4 Å². The van der Waals surface area contributed by atoms with Crippen molar-refractivity contribution in [2.75, 3.05) is 12.4 Å². The SMILES string of the molecule is COc1ccc(NC(=O)Cc2ccon2)cc1. The summed E-state index contributed by atoms with van der Waals surface area (Å²) in [4.78, 5) is 11.6. The first-order valence-corrected chi connectivity index (χ1v) is 5.11. The number of benzene rings is 1. The number of anilines is 1. The Labute approximate surface area is 98.4 Å². The minimum Gasteiger partial charge on any atom is -0.497 e. The predicted octanol–water partition coefficient (Wildman–Crippen LogP) is 1.86. The Morgan fingerprint density at radius 3 is 2.71 bits per heavy atom. The Balaban J connectivity index is 1.93. The lowest BCUT2D eigenvalue weighted by Crippen LogP contribution is -2.14. The summed E-state index contributed by atoms with van der Waals surface area (Å²) in [5.41, 5.74) is 1.33. The molecule has 0 aliphatic rings. The van der Waals surface area contributed by atoms with Gasteiger partial charge < -0.3 is 14.6 Å². The molecule has 0 unspecified atom stereocenters. The lowest BCUT2D eigenvalue weighted by Gasteiger charge is -2.04. The van der Waals surface area contributed by atoms with E-state index in [2.05, 4.69) is 15.0 Å². The zero-order chi connectivity index (χ0) is 12.1. The second-order valence-electron chi connectivity index (χ2n) is 3.44. The van der Waals surface area contributed by atoms with Gasteiger partial charge in [0.1, 0.15) is 12.0 Å². The molecule has 1 amide bonds. The van der Waals surface area contributed by atoms with Crippen molar-refractivity contribution in [1.29, 1.82) is 0 Å². The molecule has 0 saturated heterocycles. The van der Waals surface area contributed by atoms with Gasteiger partial charge in [-0.25, -0.2) is 0 Å². The number of amides is 1. The van der Waals surface area contributed by atoms with Crippen LogP contribution in [-0.4, -0.2) is 18.2 Å². The van der Waals surface area contributed by atoms with E-state index in [4.69, 9.17) is 4.74 Å². The zero-order valence-corrected chi connectivity index (χ0v) is 9.34. The maximum Gasteiger partial charge on any atom is 0.230 e. The normalized spacial score (nSPS) is 9.94. The second kappa shape index (κ2) is 5.16. The van der Waals surface area contributed by atoms with Gasteiger partial charge in [0.2, 0.25) is 5.91 Å². The first-order chi connectivity index (χ1) is 8.28. The van der Waals surface area contributed by atoms with E-state index in [0.717, 1.165) is 11.4 Å². The summed E-state index contributed by atoms with van der Waals surface area (Å²) >= 11 is 0. The number of hydrogen-bond acceptors (Lipinski definition) is 4. The van der Waals surface area contributed by atoms with Crippen LogP contribution in [0.4, 0.5) is 5.69 Å². The Morgan fingerprint density at radius 2 is 2.12 bits per heavy atom. The van der Waals surface area contributed by atoms with E-state index in [9.17, 15) is 4.79 Å². The van der Waals surface area contributed by atoms with Gasteiger partial charge in [-0.1, -0.05) is 5.16 Å². The number of methoxy groups -OCH3 is 1. The molecule has 0 spiro atoms. The van der Waals surface area contributed by atoms with E-state index in [1.165, 1.54) is 6.26 Å². The molecule has 5 heteroatoms. The maximum absolute atomic E-state index is 11.6. The van der Waals surface area contributed by atoms with Gasteiger partial charge in [0.25, 0.3) is 0 Å². The summed E-state index contributed by atoms with van der Waals surface area (Å²) in [7, 11) is 1.60. The monoisotopic (exact) mass is 232 g/mol. The van der Waals surface area contributed by atoms with Crippen LogP contribution in [0.25, 0.3) is 0 Å². The lowest BCUT2D eigenvalue weighted by atomic mass is 10.2. The molecule has 2 aromatic rings. The summed E-state index contributed by atoms with van der Waals surface area (Å²) in [6.07, 6.45) is 1.64. The van der Waals surface area contributed by atoms with Crippen LogP contribution >= 0.6 is 0 Å². The molecule has 0 aliphatic heterocycles. The molecule has 0 fully saturated rings. The van der Waals surface area contributed by atoms with E-state index >= 15 is 0 Å². The highest BCUT2D eigenvalue weighted by Gasteiger charge is 2.06. The number of nitrogens with one attached hydrogen (secondary N) is 1. The van der Waals surface area contributed by atoms with Crippen molar-refractivity contribution in [2.45, 2.75) is 6.42 Å². The molecule has 2 rings (SSSR count). The van der Waals surface area contributed by atoms with Crippen molar-refractivity contribution in [1.82, 2.24) is 5.16 Å². The van der Waals surface area contributed by atoms with E-state index in [-0.39, 0.29) is 12.3 Å². The smallest absolute Gasteiger partial charge is 0.230 e. The molecule has 88 valence electrons. The van der Waals surface area contributed by atoms with Crippen molar-refractivity contribution < 1.29 is 14.1 Å². The molecule has 0 atom stereocenters. The molecule has 1 aromatic carbocycles. The van der Waals surface area contributed by atoms with Crippen LogP contribution in [-0.2, 0) is 11.2 Å². The highest BCUT2D eigenvalue weighted by atomic mass is 16.5. The van der Waals surface area contributed by atoms with Gasteiger partial charge in [-0.2, -0.15) is 0 Å². The summed E-state index contributed by atoms with van der Waals surface area (Å²) in [6.45, 7) is 0. The van der Waals surface area contributed by atoms with Crippen molar-refractivity contribution in [2.24, 2.45) is 0 Å². The average Bonchev–Trinajstić information content (AvgIpc) is 2.82. The Morgan fingerprint density at radius 1 is 1.35 bits per heavy atom. The Bertz CT molecular complexity index is 477. The largest absolute Gasteiger partial charge is 0.497 e. The minimum atomic E-state index is -0.135. The van der Waals surface area contributed by atoms with Crippen LogP contribution in [0.15, 0.2) is 41.1 Å². The summed E-state index contributed by atoms with van der Waals surface area (Å²) in [6, 6.07) is 8.78. The molecule has 1 aromatic heterocycles. The fourth-order valence-corrected chi connectivity index (χ4v) is 1.37. The Hall–Kier alpha value is -2.30. The summed E-state index contributed by atoms with van der Waals surface area (Å²) in [5.74, 6) is 0.614. The predicted molar refractivity (Wildman–Crippen MR) is 61.8 cm³/mol. The first-order valence-electron chi connectivity index (χ1n) is 5.11. The van der Waals surface area contributed by atoms with E-state index in [1.807, 2.05) is 0 Å². The fraction of sp³-hybridized carbons (Fsp3) is 0.167. The van der Waals surface area contributed by atoms with Gasteiger partial charge in [0.05, 0.1) is 19.2 Å². The summed E-state index contributed by atoms with van der Waals surface area (Å²) in [5, 5.41) is 6.42. The molecular weight excluding hydrogens is 220 g/mol. The third-order valence-electron chi connectivity index (χ3n) is 2.21. The molecule has 17 heavy (non-hydrogen) atoms. The highest BCUT2D eigenvalue weighted by molar-refractivity contribution is 5.92. The third kappa shape index (κ3) is 3.07. The molecule has 0 saturated carbocycles. The molecule has 0 bridgehead atoms. The number of ether oxygens (including phenoxy) is 1. The maximum atomic E-state index is 11.6. The molecule has 0 aliphatic carbocycles. The van der Waals surface area contributed by atoms with Crippen molar-refractivity contribution in [3.8, 4) is 5.75 Å². The highest BCUT2D eigenvalue weighted by Crippen LogP contribution is 2.15. The standard InChI is InChI=1S/C12H12N2O3/c1-16-11-4-2-9(3-5-11)13-12(15)8-10-6-7-17-14-10/h2-7H,8H2,1H3,(H,13,15). The molecule has 5 nitrogen and oxygen atoms in total. The van der Waals surface area contributed by atoms with Crippen LogP contribution in [0.2, 0.25) is 0 Å². The van der Waals surface area contributed by atoms with E-state index in [1.54, 1.807) is 37.4 Å². The van der Waals surface area contributed by atoms with Crippen LogP contribution in [0.3, 0.4) is 0 Å². The number of nitrogens with zero attached hydrogens (tertiary/aromatic N) is 1. The van der Waals surface area contributed by atoms with Crippen LogP contribution in [0.1, 0.15) is 5.69 Å². The second-order valence-corrected chi connectivity index (χ2v) is 3.44. The number of rotatable bonds is 4. The van der Waals surface area contributed by atoms with Gasteiger partial charge in [0, 0.05) is 11.8 Å². The Kier molecular flexibility index (Phi) is 3.40. The fourth-order valence-electron chi connectivity index (χ4n) is 1.37. The first kappa shape index (κ1) is 11.2. The number of hydrogen-bond donors (Lipinski definition) is 1. The van der Waals surface area contributed by atoms with Gasteiger partial charge >= 0.3 is 0 Å². The quantitative estimate of drug-likeness (QED) is 0.873. The van der Waals surface area contributed by atoms with Crippen LogP contribution in [0.5, 0.6) is 5.75 Å². The van der Waals surface area contributed by atoms with Crippen molar-refractivity contribution in [3.63, 3.8) is 0 Å². The van der Waals surface area contributed by atoms with E-state index in [0.29, 0.717) is 5.69 Å². The third-order valence-corrected chi connectivity index (χ3v) is 2.21. The summed E-state index contributed by atoms with van der Waals surface area (Å²) < 4.78 is 9.67. The number of aromatic nitrogens is 1. The van der Waals surface area contributed by atoms with Crippen LogP contribution in [0, 0.1) is 0 Å². The zero-order valence-electron chi connectivity index (χ0n) is 9.34. The number of carbonyl (C=O) groups is 1. The van der Waals surface area contributed by atoms with E-state index < -0.39 is 0 Å². The average molecular weight is 232 g/mol. The molecule has 1 heterocycles. The van der Waals surface area contributed by atoms with Crippen molar-refractivity contribution >= 4 is 11.6 Å². The van der Waals surface area contributed by atoms with Crippen molar-refractivity contribution in [3.05, 3.63) is 42.3 Å². The molecule has 1 N–H and O–H groups in total. The van der Waals surface area contributed by atoms with Gasteiger partial charge in [-0.3, -0.25) is 4.79 Å². The van der Waals surface area contributed by atoms with Gasteiger partial charge in [-0.05, 0) is 24.3 Å².